The normalized spacial score (nSPS) is 27.7. The van der Waals surface area contributed by atoms with Crippen LogP contribution in [0, 0.1) is 6.92 Å². The second-order valence-electron chi connectivity index (χ2n) is 6.57. The van der Waals surface area contributed by atoms with Gasteiger partial charge in [-0.3, -0.25) is 19.1 Å². The number of amides is 1. The highest BCUT2D eigenvalue weighted by Gasteiger charge is 2.47. The number of rotatable bonds is 2. The van der Waals surface area contributed by atoms with Crippen LogP contribution in [-0.4, -0.2) is 63.1 Å². The molecule has 4 heterocycles. The number of aliphatic hydroxyl groups excluding tert-OH is 1. The van der Waals surface area contributed by atoms with Gasteiger partial charge in [-0.2, -0.15) is 0 Å². The predicted octanol–water partition coefficient (Wildman–Crippen LogP) is -1.81. The van der Waals surface area contributed by atoms with Gasteiger partial charge in [0.25, 0.3) is 11.5 Å². The molecule has 0 unspecified atom stereocenters. The Morgan fingerprint density at radius 1 is 1.35 bits per heavy atom. The van der Waals surface area contributed by atoms with Crippen molar-refractivity contribution < 1.29 is 19.4 Å². The summed E-state index contributed by atoms with van der Waals surface area (Å²) in [5, 5.41) is 12.6. The number of ether oxygens (including phenoxy) is 2. The SMILES string of the molecule is Cc1cc(C(=O)N[C@@H]2CO[C@H]3[C@@H]2OC[C@H]3O)c2c(=O)[nH]c(=O)n(C)c2n1. The lowest BCUT2D eigenvalue weighted by atomic mass is 10.1. The Balaban J connectivity index is 1.73. The summed E-state index contributed by atoms with van der Waals surface area (Å²) in [7, 11) is 1.47. The lowest BCUT2D eigenvalue weighted by Gasteiger charge is -2.18. The third-order valence-corrected chi connectivity index (χ3v) is 4.79. The van der Waals surface area contributed by atoms with Gasteiger partial charge in [-0.15, -0.1) is 0 Å². The Morgan fingerprint density at radius 3 is 2.85 bits per heavy atom. The Hall–Kier alpha value is -2.56. The van der Waals surface area contributed by atoms with E-state index in [1.165, 1.54) is 17.7 Å². The molecule has 10 heteroatoms. The van der Waals surface area contributed by atoms with E-state index in [2.05, 4.69) is 15.3 Å². The number of aliphatic hydroxyl groups is 1. The highest BCUT2D eigenvalue weighted by molar-refractivity contribution is 6.05. The molecule has 2 aromatic heterocycles. The highest BCUT2D eigenvalue weighted by Crippen LogP contribution is 2.27. The number of H-pyrrole nitrogens is 1. The smallest absolute Gasteiger partial charge is 0.329 e. The molecule has 10 nitrogen and oxygen atoms in total. The first kappa shape index (κ1) is 16.9. The van der Waals surface area contributed by atoms with Crippen molar-refractivity contribution in [3.63, 3.8) is 0 Å². The van der Waals surface area contributed by atoms with Crippen LogP contribution in [0.5, 0.6) is 0 Å². The first-order valence-corrected chi connectivity index (χ1v) is 8.19. The Bertz CT molecular complexity index is 1010. The fourth-order valence-corrected chi connectivity index (χ4v) is 3.49. The van der Waals surface area contributed by atoms with E-state index >= 15 is 0 Å². The number of aryl methyl sites for hydroxylation is 2. The van der Waals surface area contributed by atoms with Crippen LogP contribution in [0.15, 0.2) is 15.7 Å². The van der Waals surface area contributed by atoms with Gasteiger partial charge in [0, 0.05) is 12.7 Å². The minimum absolute atomic E-state index is 0.0399. The Morgan fingerprint density at radius 2 is 2.08 bits per heavy atom. The molecule has 2 aliphatic heterocycles. The molecule has 2 saturated heterocycles. The molecular weight excluding hydrogens is 344 g/mol. The van der Waals surface area contributed by atoms with Crippen molar-refractivity contribution in [2.45, 2.75) is 31.3 Å². The van der Waals surface area contributed by atoms with Crippen molar-refractivity contribution in [2.75, 3.05) is 13.2 Å². The van der Waals surface area contributed by atoms with E-state index in [1.807, 2.05) is 0 Å². The number of carbonyl (C=O) groups is 1. The van der Waals surface area contributed by atoms with E-state index < -0.39 is 41.5 Å². The molecule has 3 N–H and O–H groups in total. The molecule has 26 heavy (non-hydrogen) atoms. The van der Waals surface area contributed by atoms with E-state index in [9.17, 15) is 19.5 Å². The van der Waals surface area contributed by atoms with Crippen LogP contribution in [0.1, 0.15) is 16.1 Å². The van der Waals surface area contributed by atoms with Gasteiger partial charge in [0.15, 0.2) is 0 Å². The predicted molar refractivity (Wildman–Crippen MR) is 89.1 cm³/mol. The topological polar surface area (TPSA) is 136 Å². The lowest BCUT2D eigenvalue weighted by Crippen LogP contribution is -2.44. The van der Waals surface area contributed by atoms with Crippen LogP contribution >= 0.6 is 0 Å². The summed E-state index contributed by atoms with van der Waals surface area (Å²) in [6.07, 6.45) is -1.63. The molecule has 4 atom stereocenters. The van der Waals surface area contributed by atoms with Crippen molar-refractivity contribution in [2.24, 2.45) is 7.05 Å². The number of aromatic nitrogens is 3. The van der Waals surface area contributed by atoms with Gasteiger partial charge in [0.2, 0.25) is 0 Å². The first-order chi connectivity index (χ1) is 12.4. The van der Waals surface area contributed by atoms with E-state index in [0.29, 0.717) is 5.69 Å². The number of hydrogen-bond acceptors (Lipinski definition) is 7. The monoisotopic (exact) mass is 362 g/mol. The molecule has 0 aromatic carbocycles. The zero-order chi connectivity index (χ0) is 18.6. The van der Waals surface area contributed by atoms with Crippen LogP contribution in [0.4, 0.5) is 0 Å². The number of nitrogens with one attached hydrogen (secondary N) is 2. The maximum atomic E-state index is 12.8. The molecule has 2 aromatic rings. The molecule has 138 valence electrons. The minimum atomic E-state index is -0.719. The lowest BCUT2D eigenvalue weighted by molar-refractivity contribution is 0.0178. The zero-order valence-electron chi connectivity index (χ0n) is 14.2. The third kappa shape index (κ3) is 2.54. The van der Waals surface area contributed by atoms with Crippen LogP contribution in [0.2, 0.25) is 0 Å². The summed E-state index contributed by atoms with van der Waals surface area (Å²) in [4.78, 5) is 43.3. The number of nitrogens with zero attached hydrogens (tertiary/aromatic N) is 2. The van der Waals surface area contributed by atoms with Crippen molar-refractivity contribution in [1.82, 2.24) is 19.9 Å². The molecule has 0 aliphatic carbocycles. The number of pyridine rings is 1. The van der Waals surface area contributed by atoms with Crippen LogP contribution in [-0.2, 0) is 16.5 Å². The van der Waals surface area contributed by atoms with Crippen LogP contribution in [0.25, 0.3) is 11.0 Å². The standard InChI is InChI=1S/C16H18N4O6/c1-6-3-7(10-13(17-6)20(2)16(24)19-15(10)23)14(22)18-8-4-25-12-9(21)5-26-11(8)12/h3,8-9,11-12,21H,4-5H2,1-2H3,(H,18,22)(H,19,23,24)/t8-,9-,11-,12-/m1/s1. The van der Waals surface area contributed by atoms with Gasteiger partial charge in [-0.25, -0.2) is 9.78 Å². The van der Waals surface area contributed by atoms with Gasteiger partial charge >= 0.3 is 5.69 Å². The molecule has 0 saturated carbocycles. The molecule has 0 radical (unpaired) electrons. The molecule has 0 bridgehead atoms. The van der Waals surface area contributed by atoms with Crippen LogP contribution in [0.3, 0.4) is 0 Å². The molecule has 4 rings (SSSR count). The maximum Gasteiger partial charge on any atom is 0.329 e. The fourth-order valence-electron chi connectivity index (χ4n) is 3.49. The molecule has 2 fully saturated rings. The minimum Gasteiger partial charge on any atom is -0.388 e. The van der Waals surface area contributed by atoms with Gasteiger partial charge in [-0.1, -0.05) is 0 Å². The Kier molecular flexibility index (Phi) is 3.90. The van der Waals surface area contributed by atoms with E-state index in [1.54, 1.807) is 6.92 Å². The summed E-state index contributed by atoms with van der Waals surface area (Å²) < 4.78 is 12.2. The summed E-state index contributed by atoms with van der Waals surface area (Å²) in [5.41, 5.74) is -0.527. The molecule has 2 aliphatic rings. The average molecular weight is 362 g/mol. The van der Waals surface area contributed by atoms with Gasteiger partial charge in [0.1, 0.15) is 24.0 Å². The van der Waals surface area contributed by atoms with Gasteiger partial charge in [0.05, 0.1) is 30.2 Å². The second-order valence-corrected chi connectivity index (χ2v) is 6.57. The summed E-state index contributed by atoms with van der Waals surface area (Å²) in [6.45, 7) is 2.03. The van der Waals surface area contributed by atoms with E-state index in [4.69, 9.17) is 9.47 Å². The largest absolute Gasteiger partial charge is 0.388 e. The summed E-state index contributed by atoms with van der Waals surface area (Å²) in [5.74, 6) is -0.496. The maximum absolute atomic E-state index is 12.8. The van der Waals surface area contributed by atoms with Crippen molar-refractivity contribution in [3.8, 4) is 0 Å². The average Bonchev–Trinajstić information content (AvgIpc) is 3.15. The van der Waals surface area contributed by atoms with E-state index in [-0.39, 0.29) is 29.8 Å². The van der Waals surface area contributed by atoms with Gasteiger partial charge < -0.3 is 19.9 Å². The molecule has 0 spiro atoms. The number of carbonyl (C=O) groups excluding carboxylic acids is 1. The first-order valence-electron chi connectivity index (χ1n) is 8.19. The quantitative estimate of drug-likeness (QED) is 0.573. The summed E-state index contributed by atoms with van der Waals surface area (Å²) >= 11 is 0. The zero-order valence-corrected chi connectivity index (χ0v) is 14.2. The number of hydrogen-bond donors (Lipinski definition) is 3. The Labute approximate surface area is 146 Å². The highest BCUT2D eigenvalue weighted by atomic mass is 16.6. The summed E-state index contributed by atoms with van der Waals surface area (Å²) in [6, 6.07) is 1.05. The van der Waals surface area contributed by atoms with Gasteiger partial charge in [-0.05, 0) is 13.0 Å². The third-order valence-electron chi connectivity index (χ3n) is 4.79. The number of aromatic amines is 1. The van der Waals surface area contributed by atoms with Crippen LogP contribution < -0.4 is 16.6 Å². The second kappa shape index (κ2) is 6.01. The number of fused-ring (bicyclic) bond motifs is 2. The van der Waals surface area contributed by atoms with Crippen molar-refractivity contribution in [1.29, 1.82) is 0 Å². The van der Waals surface area contributed by atoms with Crippen molar-refractivity contribution >= 4 is 16.9 Å². The molecule has 1 amide bonds. The van der Waals surface area contributed by atoms with Crippen molar-refractivity contribution in [3.05, 3.63) is 38.2 Å². The fraction of sp³-hybridized carbons (Fsp3) is 0.500. The van der Waals surface area contributed by atoms with E-state index in [0.717, 1.165) is 0 Å². The molecular formula is C16H18N4O6.